The van der Waals surface area contributed by atoms with E-state index in [0.717, 1.165) is 17.7 Å². The summed E-state index contributed by atoms with van der Waals surface area (Å²) in [6.07, 6.45) is 3.83. The molecule has 0 aliphatic rings. The Bertz CT molecular complexity index is 279. The molecule has 0 saturated carbocycles. The standard InChI is InChI=1S/C10H14N2O/c1-2-9-5-3-8(7-12-9)4-6-10(11)13/h3,5,7H,2,4,6H2,1H3,(H2,11,13). The zero-order valence-electron chi connectivity index (χ0n) is 7.79. The Morgan fingerprint density at radius 2 is 2.31 bits per heavy atom. The Labute approximate surface area is 78.0 Å². The molecule has 0 aliphatic heterocycles. The van der Waals surface area contributed by atoms with Crippen molar-refractivity contribution >= 4 is 5.91 Å². The van der Waals surface area contributed by atoms with Crippen LogP contribution < -0.4 is 5.73 Å². The van der Waals surface area contributed by atoms with E-state index in [0.29, 0.717) is 12.8 Å². The predicted octanol–water partition coefficient (Wildman–Crippen LogP) is 1.06. The summed E-state index contributed by atoms with van der Waals surface area (Å²) in [4.78, 5) is 14.7. The fourth-order valence-electron chi connectivity index (χ4n) is 1.08. The lowest BCUT2D eigenvalue weighted by molar-refractivity contribution is -0.117. The summed E-state index contributed by atoms with van der Waals surface area (Å²) in [5.41, 5.74) is 7.17. The molecule has 1 aromatic rings. The van der Waals surface area contributed by atoms with Crippen LogP contribution in [-0.2, 0) is 17.6 Å². The van der Waals surface area contributed by atoms with Gasteiger partial charge in [0.15, 0.2) is 0 Å². The number of rotatable bonds is 4. The first kappa shape index (κ1) is 9.71. The van der Waals surface area contributed by atoms with E-state index in [1.54, 1.807) is 0 Å². The summed E-state index contributed by atoms with van der Waals surface area (Å²) in [6.45, 7) is 2.06. The van der Waals surface area contributed by atoms with Gasteiger partial charge in [0, 0.05) is 18.3 Å². The second kappa shape index (κ2) is 4.60. The number of aryl methyl sites for hydroxylation is 2. The van der Waals surface area contributed by atoms with Crippen molar-refractivity contribution in [3.63, 3.8) is 0 Å². The number of aromatic nitrogens is 1. The van der Waals surface area contributed by atoms with Gasteiger partial charge in [-0.1, -0.05) is 13.0 Å². The summed E-state index contributed by atoms with van der Waals surface area (Å²) in [5, 5.41) is 0. The summed E-state index contributed by atoms with van der Waals surface area (Å²) in [6, 6.07) is 3.98. The van der Waals surface area contributed by atoms with Crippen molar-refractivity contribution in [3.8, 4) is 0 Å². The molecule has 0 saturated heterocycles. The van der Waals surface area contributed by atoms with Gasteiger partial charge >= 0.3 is 0 Å². The van der Waals surface area contributed by atoms with Crippen LogP contribution in [0.4, 0.5) is 0 Å². The number of primary amides is 1. The van der Waals surface area contributed by atoms with E-state index in [1.807, 2.05) is 18.3 Å². The second-order valence-electron chi connectivity index (χ2n) is 2.98. The molecule has 0 aliphatic carbocycles. The average molecular weight is 178 g/mol. The molecule has 3 heteroatoms. The molecule has 0 radical (unpaired) electrons. The lowest BCUT2D eigenvalue weighted by Crippen LogP contribution is -2.11. The number of pyridine rings is 1. The van der Waals surface area contributed by atoms with Gasteiger partial charge < -0.3 is 5.73 Å². The maximum Gasteiger partial charge on any atom is 0.217 e. The van der Waals surface area contributed by atoms with Crippen molar-refractivity contribution in [2.24, 2.45) is 5.73 Å². The quantitative estimate of drug-likeness (QED) is 0.749. The zero-order chi connectivity index (χ0) is 9.68. The first-order valence-electron chi connectivity index (χ1n) is 4.44. The van der Waals surface area contributed by atoms with E-state index in [1.165, 1.54) is 0 Å². The van der Waals surface area contributed by atoms with Crippen molar-refractivity contribution in [1.82, 2.24) is 4.98 Å². The summed E-state index contributed by atoms with van der Waals surface area (Å²) in [5.74, 6) is -0.264. The summed E-state index contributed by atoms with van der Waals surface area (Å²) in [7, 11) is 0. The van der Waals surface area contributed by atoms with Crippen LogP contribution in [0.1, 0.15) is 24.6 Å². The fourth-order valence-corrected chi connectivity index (χ4v) is 1.08. The third-order valence-electron chi connectivity index (χ3n) is 1.91. The van der Waals surface area contributed by atoms with Crippen LogP contribution in [0, 0.1) is 0 Å². The maximum atomic E-state index is 10.5. The lowest BCUT2D eigenvalue weighted by Gasteiger charge is -1.99. The molecule has 0 aromatic carbocycles. The van der Waals surface area contributed by atoms with Crippen LogP contribution in [-0.4, -0.2) is 10.9 Å². The van der Waals surface area contributed by atoms with E-state index >= 15 is 0 Å². The first-order chi connectivity index (χ1) is 6.22. The molecular weight excluding hydrogens is 164 g/mol. The van der Waals surface area contributed by atoms with Gasteiger partial charge in [-0.25, -0.2) is 0 Å². The number of carbonyl (C=O) groups excluding carboxylic acids is 1. The molecule has 70 valence electrons. The summed E-state index contributed by atoms with van der Waals surface area (Å²) < 4.78 is 0. The Hall–Kier alpha value is -1.38. The molecule has 3 nitrogen and oxygen atoms in total. The number of nitrogens with two attached hydrogens (primary N) is 1. The van der Waals surface area contributed by atoms with Crippen molar-refractivity contribution in [2.75, 3.05) is 0 Å². The molecule has 1 heterocycles. The number of amides is 1. The van der Waals surface area contributed by atoms with Crippen LogP contribution in [0.3, 0.4) is 0 Å². The van der Waals surface area contributed by atoms with E-state index in [4.69, 9.17) is 5.73 Å². The predicted molar refractivity (Wildman–Crippen MR) is 51.1 cm³/mol. The van der Waals surface area contributed by atoms with Gasteiger partial charge in [0.1, 0.15) is 0 Å². The molecule has 0 fully saturated rings. The Morgan fingerprint density at radius 1 is 1.54 bits per heavy atom. The molecular formula is C10H14N2O. The minimum absolute atomic E-state index is 0.264. The second-order valence-corrected chi connectivity index (χ2v) is 2.98. The normalized spacial score (nSPS) is 9.92. The number of hydrogen-bond donors (Lipinski definition) is 1. The number of carbonyl (C=O) groups is 1. The van der Waals surface area contributed by atoms with E-state index in [2.05, 4.69) is 11.9 Å². The molecule has 1 amide bonds. The SMILES string of the molecule is CCc1ccc(CCC(N)=O)cn1. The lowest BCUT2D eigenvalue weighted by atomic mass is 10.1. The van der Waals surface area contributed by atoms with Crippen LogP contribution >= 0.6 is 0 Å². The van der Waals surface area contributed by atoms with Gasteiger partial charge in [-0.3, -0.25) is 9.78 Å². The van der Waals surface area contributed by atoms with E-state index < -0.39 is 0 Å². The topological polar surface area (TPSA) is 56.0 Å². The third-order valence-corrected chi connectivity index (χ3v) is 1.91. The van der Waals surface area contributed by atoms with Crippen LogP contribution in [0.5, 0.6) is 0 Å². The molecule has 0 unspecified atom stereocenters. The smallest absolute Gasteiger partial charge is 0.217 e. The molecule has 2 N–H and O–H groups in total. The molecule has 0 spiro atoms. The number of hydrogen-bond acceptors (Lipinski definition) is 2. The van der Waals surface area contributed by atoms with Crippen LogP contribution in [0.25, 0.3) is 0 Å². The van der Waals surface area contributed by atoms with Gasteiger partial charge in [0.25, 0.3) is 0 Å². The molecule has 1 rings (SSSR count). The highest BCUT2D eigenvalue weighted by Crippen LogP contribution is 2.03. The Morgan fingerprint density at radius 3 is 2.77 bits per heavy atom. The van der Waals surface area contributed by atoms with Gasteiger partial charge in [0.2, 0.25) is 5.91 Å². The van der Waals surface area contributed by atoms with E-state index in [9.17, 15) is 4.79 Å². The molecule has 13 heavy (non-hydrogen) atoms. The minimum Gasteiger partial charge on any atom is -0.370 e. The van der Waals surface area contributed by atoms with Gasteiger partial charge in [-0.15, -0.1) is 0 Å². The molecule has 1 aromatic heterocycles. The highest BCUT2D eigenvalue weighted by molar-refractivity contribution is 5.73. The first-order valence-corrected chi connectivity index (χ1v) is 4.44. The largest absolute Gasteiger partial charge is 0.370 e. The molecule has 0 atom stereocenters. The monoisotopic (exact) mass is 178 g/mol. The average Bonchev–Trinajstić information content (AvgIpc) is 2.15. The van der Waals surface area contributed by atoms with Gasteiger partial charge in [-0.05, 0) is 24.5 Å². The number of nitrogens with zero attached hydrogens (tertiary/aromatic N) is 1. The van der Waals surface area contributed by atoms with Gasteiger partial charge in [-0.2, -0.15) is 0 Å². The Balaban J connectivity index is 2.54. The Kier molecular flexibility index (Phi) is 3.43. The van der Waals surface area contributed by atoms with Crippen LogP contribution in [0.15, 0.2) is 18.3 Å². The zero-order valence-corrected chi connectivity index (χ0v) is 7.79. The highest BCUT2D eigenvalue weighted by Gasteiger charge is 1.97. The third kappa shape index (κ3) is 3.23. The van der Waals surface area contributed by atoms with Crippen molar-refractivity contribution in [3.05, 3.63) is 29.6 Å². The van der Waals surface area contributed by atoms with E-state index in [-0.39, 0.29) is 5.91 Å². The highest BCUT2D eigenvalue weighted by atomic mass is 16.1. The van der Waals surface area contributed by atoms with Gasteiger partial charge in [0.05, 0.1) is 0 Å². The maximum absolute atomic E-state index is 10.5. The molecule has 0 bridgehead atoms. The fraction of sp³-hybridized carbons (Fsp3) is 0.400. The summed E-state index contributed by atoms with van der Waals surface area (Å²) >= 11 is 0. The van der Waals surface area contributed by atoms with Crippen molar-refractivity contribution in [2.45, 2.75) is 26.2 Å². The van der Waals surface area contributed by atoms with Crippen molar-refractivity contribution in [1.29, 1.82) is 0 Å². The minimum atomic E-state index is -0.264. The van der Waals surface area contributed by atoms with Crippen molar-refractivity contribution < 1.29 is 4.79 Å². The van der Waals surface area contributed by atoms with Crippen LogP contribution in [0.2, 0.25) is 0 Å².